The maximum absolute atomic E-state index is 12.3. The number of halogens is 2. The van der Waals surface area contributed by atoms with Gasteiger partial charge in [0.15, 0.2) is 0 Å². The van der Waals surface area contributed by atoms with Gasteiger partial charge in [-0.15, -0.1) is 0 Å². The van der Waals surface area contributed by atoms with Crippen LogP contribution in [0.1, 0.15) is 51.7 Å². The zero-order chi connectivity index (χ0) is 22.9. The van der Waals surface area contributed by atoms with E-state index < -0.39 is 12.0 Å². The fraction of sp³-hybridized carbons (Fsp3) is 0.400. The maximum Gasteiger partial charge on any atom is 0.306 e. The van der Waals surface area contributed by atoms with E-state index in [4.69, 9.17) is 14.2 Å². The minimum atomic E-state index is -1.75. The van der Waals surface area contributed by atoms with Gasteiger partial charge in [0.25, 0.3) is 6.08 Å². The Morgan fingerprint density at radius 1 is 0.839 bits per heavy atom. The molecule has 0 amide bonds. The molecule has 2 aromatic carbocycles. The standard InChI is InChI=1S/C25H30F2O4/c1-18(24(26)27)5-14-23(28)30-16-15-29-21-10-12-22(13-11-21)31-17-19-6-8-20(9-7-19)25(2,3)4/h6-13H,5,14-17H2,1-4H3. The number of esters is 1. The lowest BCUT2D eigenvalue weighted by Crippen LogP contribution is -2.12. The maximum atomic E-state index is 12.3. The minimum Gasteiger partial charge on any atom is -0.490 e. The fourth-order valence-corrected chi connectivity index (χ4v) is 2.67. The second-order valence-corrected chi connectivity index (χ2v) is 8.32. The SMILES string of the molecule is CC(CCC(=O)OCCOc1ccc(OCc2ccc(C(C)(C)C)cc2)cc1)=C(F)F. The summed E-state index contributed by atoms with van der Waals surface area (Å²) < 4.78 is 40.9. The summed E-state index contributed by atoms with van der Waals surface area (Å²) in [6.07, 6.45) is -1.83. The van der Waals surface area contributed by atoms with Gasteiger partial charge in [-0.1, -0.05) is 45.0 Å². The molecule has 0 bridgehead atoms. The number of rotatable bonds is 10. The molecule has 4 nitrogen and oxygen atoms in total. The zero-order valence-corrected chi connectivity index (χ0v) is 18.5. The molecule has 0 aliphatic carbocycles. The number of allylic oxidation sites excluding steroid dienone is 1. The Morgan fingerprint density at radius 2 is 1.42 bits per heavy atom. The summed E-state index contributed by atoms with van der Waals surface area (Å²) in [6, 6.07) is 15.6. The summed E-state index contributed by atoms with van der Waals surface area (Å²) in [7, 11) is 0. The van der Waals surface area contributed by atoms with Crippen LogP contribution in [0.4, 0.5) is 8.78 Å². The van der Waals surface area contributed by atoms with Gasteiger partial charge in [-0.2, -0.15) is 8.78 Å². The summed E-state index contributed by atoms with van der Waals surface area (Å²) in [5.41, 5.74) is 2.40. The molecule has 6 heteroatoms. The van der Waals surface area contributed by atoms with Crippen molar-refractivity contribution in [2.24, 2.45) is 0 Å². The summed E-state index contributed by atoms with van der Waals surface area (Å²) in [4.78, 5) is 11.5. The Hall–Kier alpha value is -2.89. The van der Waals surface area contributed by atoms with Crippen molar-refractivity contribution >= 4 is 5.97 Å². The predicted molar refractivity (Wildman–Crippen MR) is 117 cm³/mol. The largest absolute Gasteiger partial charge is 0.490 e. The molecule has 0 atom stereocenters. The van der Waals surface area contributed by atoms with Crippen LogP contribution in [-0.2, 0) is 21.6 Å². The lowest BCUT2D eigenvalue weighted by molar-refractivity contribution is -0.144. The van der Waals surface area contributed by atoms with Crippen molar-refractivity contribution in [1.82, 2.24) is 0 Å². The van der Waals surface area contributed by atoms with Crippen molar-refractivity contribution < 1.29 is 27.8 Å². The van der Waals surface area contributed by atoms with Crippen LogP contribution in [0, 0.1) is 0 Å². The van der Waals surface area contributed by atoms with E-state index in [1.807, 2.05) is 12.1 Å². The fourth-order valence-electron chi connectivity index (χ4n) is 2.67. The normalized spacial score (nSPS) is 11.0. The number of carbonyl (C=O) groups excluding carboxylic acids is 1. The molecule has 0 saturated carbocycles. The summed E-state index contributed by atoms with van der Waals surface area (Å²) in [6.45, 7) is 8.55. The number of hydrogen-bond acceptors (Lipinski definition) is 4. The van der Waals surface area contributed by atoms with Gasteiger partial charge in [0.05, 0.1) is 0 Å². The molecule has 0 heterocycles. The van der Waals surface area contributed by atoms with Crippen molar-refractivity contribution in [3.8, 4) is 11.5 Å². The highest BCUT2D eigenvalue weighted by Gasteiger charge is 2.12. The van der Waals surface area contributed by atoms with Crippen LogP contribution >= 0.6 is 0 Å². The highest BCUT2D eigenvalue weighted by molar-refractivity contribution is 5.69. The van der Waals surface area contributed by atoms with Crippen molar-refractivity contribution in [2.45, 2.75) is 52.6 Å². The van der Waals surface area contributed by atoms with E-state index in [1.54, 1.807) is 12.1 Å². The smallest absolute Gasteiger partial charge is 0.306 e. The summed E-state index contributed by atoms with van der Waals surface area (Å²) >= 11 is 0. The molecule has 2 rings (SSSR count). The van der Waals surface area contributed by atoms with E-state index in [9.17, 15) is 13.6 Å². The molecular weight excluding hydrogens is 402 g/mol. The van der Waals surface area contributed by atoms with Gasteiger partial charge in [-0.05, 0) is 59.7 Å². The molecule has 0 unspecified atom stereocenters. The average molecular weight is 433 g/mol. The van der Waals surface area contributed by atoms with Crippen LogP contribution in [-0.4, -0.2) is 19.2 Å². The highest BCUT2D eigenvalue weighted by atomic mass is 19.3. The number of carbonyl (C=O) groups is 1. The third-order valence-corrected chi connectivity index (χ3v) is 4.69. The molecule has 0 radical (unpaired) electrons. The average Bonchev–Trinajstić information content (AvgIpc) is 2.74. The van der Waals surface area contributed by atoms with Crippen molar-refractivity contribution in [1.29, 1.82) is 0 Å². The van der Waals surface area contributed by atoms with Gasteiger partial charge in [-0.3, -0.25) is 4.79 Å². The second-order valence-electron chi connectivity index (χ2n) is 8.32. The lowest BCUT2D eigenvalue weighted by Gasteiger charge is -2.19. The molecule has 31 heavy (non-hydrogen) atoms. The predicted octanol–water partition coefficient (Wildman–Crippen LogP) is 6.44. The number of ether oxygens (including phenoxy) is 3. The topological polar surface area (TPSA) is 44.8 Å². The van der Waals surface area contributed by atoms with Crippen LogP contribution in [0.3, 0.4) is 0 Å². The van der Waals surface area contributed by atoms with Gasteiger partial charge in [0, 0.05) is 6.42 Å². The Balaban J connectivity index is 1.69. The quantitative estimate of drug-likeness (QED) is 0.320. The number of hydrogen-bond donors (Lipinski definition) is 0. The zero-order valence-electron chi connectivity index (χ0n) is 18.5. The minimum absolute atomic E-state index is 0.00970. The van der Waals surface area contributed by atoms with Gasteiger partial charge < -0.3 is 14.2 Å². The van der Waals surface area contributed by atoms with E-state index in [1.165, 1.54) is 12.5 Å². The molecule has 0 saturated heterocycles. The Bertz CT molecular complexity index is 862. The van der Waals surface area contributed by atoms with Crippen LogP contribution in [0.5, 0.6) is 11.5 Å². The van der Waals surface area contributed by atoms with Gasteiger partial charge in [0.1, 0.15) is 31.3 Å². The van der Waals surface area contributed by atoms with Crippen molar-refractivity contribution in [3.63, 3.8) is 0 Å². The first kappa shape index (κ1) is 24.4. The Morgan fingerprint density at radius 3 is 1.97 bits per heavy atom. The van der Waals surface area contributed by atoms with Gasteiger partial charge in [0.2, 0.25) is 0 Å². The number of benzene rings is 2. The van der Waals surface area contributed by atoms with Crippen LogP contribution in [0.15, 0.2) is 60.2 Å². The van der Waals surface area contributed by atoms with E-state index >= 15 is 0 Å². The van der Waals surface area contributed by atoms with Gasteiger partial charge in [-0.25, -0.2) is 0 Å². The lowest BCUT2D eigenvalue weighted by atomic mass is 9.87. The highest BCUT2D eigenvalue weighted by Crippen LogP contribution is 2.23. The molecule has 0 aliphatic heterocycles. The summed E-state index contributed by atoms with van der Waals surface area (Å²) in [5.74, 6) is 0.821. The van der Waals surface area contributed by atoms with Gasteiger partial charge >= 0.3 is 5.97 Å². The Kier molecular flexibility index (Phi) is 9.03. The van der Waals surface area contributed by atoms with Crippen molar-refractivity contribution in [3.05, 3.63) is 71.3 Å². The van der Waals surface area contributed by atoms with E-state index in [2.05, 4.69) is 45.0 Å². The van der Waals surface area contributed by atoms with Crippen molar-refractivity contribution in [2.75, 3.05) is 13.2 Å². The molecule has 0 aliphatic rings. The van der Waals surface area contributed by atoms with E-state index in [0.29, 0.717) is 12.4 Å². The molecule has 0 N–H and O–H groups in total. The van der Waals surface area contributed by atoms with Crippen LogP contribution < -0.4 is 9.47 Å². The third kappa shape index (κ3) is 8.79. The van der Waals surface area contributed by atoms with E-state index in [0.717, 1.165) is 11.3 Å². The van der Waals surface area contributed by atoms with E-state index in [-0.39, 0.29) is 37.0 Å². The first-order valence-corrected chi connectivity index (χ1v) is 10.3. The second kappa shape index (κ2) is 11.5. The molecule has 168 valence electrons. The first-order valence-electron chi connectivity index (χ1n) is 10.3. The monoisotopic (exact) mass is 432 g/mol. The molecule has 0 aromatic heterocycles. The molecule has 2 aromatic rings. The summed E-state index contributed by atoms with van der Waals surface area (Å²) in [5, 5.41) is 0. The van der Waals surface area contributed by atoms with Crippen LogP contribution in [0.25, 0.3) is 0 Å². The third-order valence-electron chi connectivity index (χ3n) is 4.69. The first-order chi connectivity index (χ1) is 14.6. The molecule has 0 spiro atoms. The molecular formula is C25H30F2O4. The van der Waals surface area contributed by atoms with Crippen LogP contribution in [0.2, 0.25) is 0 Å². The molecule has 0 fully saturated rings. The Labute approximate surface area is 182 Å².